The topological polar surface area (TPSA) is 47.6 Å². The van der Waals surface area contributed by atoms with Crippen LogP contribution in [0.1, 0.15) is 11.1 Å². The highest BCUT2D eigenvalue weighted by Gasteiger charge is 2.18. The molecule has 1 aliphatic heterocycles. The fourth-order valence-corrected chi connectivity index (χ4v) is 3.80. The van der Waals surface area contributed by atoms with Crippen LogP contribution in [0.4, 0.5) is 16.2 Å². The van der Waals surface area contributed by atoms with Gasteiger partial charge in [-0.25, -0.2) is 4.79 Å². The van der Waals surface area contributed by atoms with E-state index in [0.29, 0.717) is 6.54 Å². The van der Waals surface area contributed by atoms with Gasteiger partial charge in [-0.15, -0.1) is 0 Å². The number of urea groups is 1. The third-order valence-electron chi connectivity index (χ3n) is 5.48. The van der Waals surface area contributed by atoms with Crippen molar-refractivity contribution in [2.45, 2.75) is 13.1 Å². The number of carbonyl (C=O) groups is 1. The molecule has 0 saturated carbocycles. The van der Waals surface area contributed by atoms with Crippen molar-refractivity contribution in [1.29, 1.82) is 0 Å². The van der Waals surface area contributed by atoms with E-state index < -0.39 is 0 Å². The summed E-state index contributed by atoms with van der Waals surface area (Å²) in [5, 5.41) is 5.84. The lowest BCUT2D eigenvalue weighted by atomic mass is 10.1. The van der Waals surface area contributed by atoms with Crippen molar-refractivity contribution in [3.63, 3.8) is 0 Å². The Bertz CT molecular complexity index is 938. The smallest absolute Gasteiger partial charge is 0.319 e. The minimum absolute atomic E-state index is 0.188. The summed E-state index contributed by atoms with van der Waals surface area (Å²) in [4.78, 5) is 17.2. The number of nitrogens with zero attached hydrogens (tertiary/aromatic N) is 2. The second kappa shape index (κ2) is 9.94. The van der Waals surface area contributed by atoms with Crippen LogP contribution in [0.15, 0.2) is 84.9 Å². The summed E-state index contributed by atoms with van der Waals surface area (Å²) in [5.74, 6) is 0. The number of anilines is 2. The molecule has 4 rings (SSSR count). The summed E-state index contributed by atoms with van der Waals surface area (Å²) >= 11 is 0. The van der Waals surface area contributed by atoms with E-state index in [1.807, 2.05) is 36.4 Å². The summed E-state index contributed by atoms with van der Waals surface area (Å²) in [5.41, 5.74) is 4.52. The van der Waals surface area contributed by atoms with Crippen LogP contribution in [-0.4, -0.2) is 37.1 Å². The first-order chi connectivity index (χ1) is 14.8. The van der Waals surface area contributed by atoms with E-state index in [1.165, 1.54) is 11.3 Å². The molecule has 1 heterocycles. The number of piperazine rings is 1. The van der Waals surface area contributed by atoms with Crippen molar-refractivity contribution in [3.05, 3.63) is 96.1 Å². The third-order valence-corrected chi connectivity index (χ3v) is 5.48. The molecule has 0 spiro atoms. The van der Waals surface area contributed by atoms with Gasteiger partial charge in [0.2, 0.25) is 0 Å². The first-order valence-corrected chi connectivity index (χ1v) is 10.5. The number of benzene rings is 3. The van der Waals surface area contributed by atoms with Crippen LogP contribution >= 0.6 is 0 Å². The van der Waals surface area contributed by atoms with E-state index in [-0.39, 0.29) is 6.03 Å². The van der Waals surface area contributed by atoms with Crippen LogP contribution in [0.5, 0.6) is 0 Å². The third kappa shape index (κ3) is 5.39. The maximum absolute atomic E-state index is 12.2. The summed E-state index contributed by atoms with van der Waals surface area (Å²) in [6.45, 7) is 5.55. The number of carbonyl (C=O) groups excluding carboxylic acids is 1. The lowest BCUT2D eigenvalue weighted by Crippen LogP contribution is -2.46. The second-order valence-electron chi connectivity index (χ2n) is 7.54. The van der Waals surface area contributed by atoms with Crippen molar-refractivity contribution in [1.82, 2.24) is 10.2 Å². The zero-order valence-corrected chi connectivity index (χ0v) is 17.1. The fraction of sp³-hybridized carbons (Fsp3) is 0.240. The Morgan fingerprint density at radius 3 is 2.03 bits per heavy atom. The molecule has 1 saturated heterocycles. The molecule has 2 amide bonds. The highest BCUT2D eigenvalue weighted by Crippen LogP contribution is 2.18. The Morgan fingerprint density at radius 1 is 0.733 bits per heavy atom. The van der Waals surface area contributed by atoms with Gasteiger partial charge in [-0.05, 0) is 35.4 Å². The Morgan fingerprint density at radius 2 is 1.33 bits per heavy atom. The van der Waals surface area contributed by atoms with E-state index in [0.717, 1.165) is 44.0 Å². The molecule has 0 unspecified atom stereocenters. The second-order valence-corrected chi connectivity index (χ2v) is 7.54. The molecular weight excluding hydrogens is 372 g/mol. The van der Waals surface area contributed by atoms with Crippen LogP contribution < -0.4 is 15.5 Å². The maximum atomic E-state index is 12.2. The molecule has 0 aliphatic carbocycles. The van der Waals surface area contributed by atoms with Crippen LogP contribution in [0, 0.1) is 0 Å². The molecule has 0 aromatic heterocycles. The van der Waals surface area contributed by atoms with Crippen molar-refractivity contribution in [2.75, 3.05) is 36.4 Å². The first-order valence-electron chi connectivity index (χ1n) is 10.5. The molecular formula is C25H28N4O. The molecule has 0 radical (unpaired) electrons. The highest BCUT2D eigenvalue weighted by molar-refractivity contribution is 5.89. The molecule has 2 N–H and O–H groups in total. The Kier molecular flexibility index (Phi) is 6.62. The highest BCUT2D eigenvalue weighted by atomic mass is 16.2. The number of hydrogen-bond acceptors (Lipinski definition) is 3. The van der Waals surface area contributed by atoms with Crippen LogP contribution in [0.3, 0.4) is 0 Å². The molecule has 1 aliphatic rings. The van der Waals surface area contributed by atoms with Gasteiger partial charge in [0, 0.05) is 50.6 Å². The standard InChI is InChI=1S/C25H28N4O/c30-25(27-23-11-3-1-4-12-23)26-19-21-9-7-8-10-22(21)20-28-15-17-29(18-16-28)24-13-5-2-6-14-24/h1-14H,15-20H2,(H2,26,27,30). The maximum Gasteiger partial charge on any atom is 0.319 e. The number of rotatable bonds is 6. The minimum Gasteiger partial charge on any atom is -0.369 e. The van der Waals surface area contributed by atoms with Gasteiger partial charge in [0.1, 0.15) is 0 Å². The van der Waals surface area contributed by atoms with Gasteiger partial charge in [-0.3, -0.25) is 4.90 Å². The quantitative estimate of drug-likeness (QED) is 0.647. The predicted molar refractivity (Wildman–Crippen MR) is 123 cm³/mol. The van der Waals surface area contributed by atoms with Crippen molar-refractivity contribution >= 4 is 17.4 Å². The average molecular weight is 401 g/mol. The van der Waals surface area contributed by atoms with E-state index in [2.05, 4.69) is 69.0 Å². The normalized spacial score (nSPS) is 14.3. The molecule has 3 aromatic rings. The number of amides is 2. The van der Waals surface area contributed by atoms with Gasteiger partial charge >= 0.3 is 6.03 Å². The van der Waals surface area contributed by atoms with Crippen LogP contribution in [0.2, 0.25) is 0 Å². The van der Waals surface area contributed by atoms with Crippen LogP contribution in [-0.2, 0) is 13.1 Å². The average Bonchev–Trinajstić information content (AvgIpc) is 2.80. The molecule has 1 fully saturated rings. The van der Waals surface area contributed by atoms with E-state index in [9.17, 15) is 4.79 Å². The SMILES string of the molecule is O=C(NCc1ccccc1CN1CCN(c2ccccc2)CC1)Nc1ccccc1. The van der Waals surface area contributed by atoms with E-state index in [4.69, 9.17) is 0 Å². The van der Waals surface area contributed by atoms with E-state index >= 15 is 0 Å². The van der Waals surface area contributed by atoms with Crippen molar-refractivity contribution in [3.8, 4) is 0 Å². The van der Waals surface area contributed by atoms with Crippen LogP contribution in [0.25, 0.3) is 0 Å². The number of hydrogen-bond donors (Lipinski definition) is 2. The first kappa shape index (κ1) is 20.0. The fourth-order valence-electron chi connectivity index (χ4n) is 3.80. The predicted octanol–water partition coefficient (Wildman–Crippen LogP) is 4.33. The Hall–Kier alpha value is -3.31. The lowest BCUT2D eigenvalue weighted by Gasteiger charge is -2.36. The zero-order chi connectivity index (χ0) is 20.6. The summed E-state index contributed by atoms with van der Waals surface area (Å²) in [7, 11) is 0. The minimum atomic E-state index is -0.188. The molecule has 0 bridgehead atoms. The molecule has 3 aromatic carbocycles. The van der Waals surface area contributed by atoms with Gasteiger partial charge in [0.05, 0.1) is 0 Å². The number of para-hydroxylation sites is 2. The van der Waals surface area contributed by atoms with Gasteiger partial charge in [-0.1, -0.05) is 60.7 Å². The van der Waals surface area contributed by atoms with Gasteiger partial charge in [-0.2, -0.15) is 0 Å². The largest absolute Gasteiger partial charge is 0.369 e. The molecule has 0 atom stereocenters. The molecule has 154 valence electrons. The van der Waals surface area contributed by atoms with Crippen molar-refractivity contribution < 1.29 is 4.79 Å². The Labute approximate surface area is 178 Å². The summed E-state index contributed by atoms with van der Waals surface area (Å²) in [6, 6.07) is 28.3. The molecule has 30 heavy (non-hydrogen) atoms. The summed E-state index contributed by atoms with van der Waals surface area (Å²) in [6.07, 6.45) is 0. The van der Waals surface area contributed by atoms with Gasteiger partial charge in [0.15, 0.2) is 0 Å². The molecule has 5 heteroatoms. The van der Waals surface area contributed by atoms with Gasteiger partial charge in [0.25, 0.3) is 0 Å². The number of nitrogens with one attached hydrogen (secondary N) is 2. The zero-order valence-electron chi connectivity index (χ0n) is 17.1. The lowest BCUT2D eigenvalue weighted by molar-refractivity contribution is 0.247. The van der Waals surface area contributed by atoms with Gasteiger partial charge < -0.3 is 15.5 Å². The van der Waals surface area contributed by atoms with E-state index in [1.54, 1.807) is 0 Å². The summed E-state index contributed by atoms with van der Waals surface area (Å²) < 4.78 is 0. The monoisotopic (exact) mass is 400 g/mol. The Balaban J connectivity index is 1.30. The molecule has 5 nitrogen and oxygen atoms in total. The van der Waals surface area contributed by atoms with Crippen molar-refractivity contribution in [2.24, 2.45) is 0 Å².